The normalized spacial score (nSPS) is 23.1. The number of hydrogen-bond acceptors (Lipinski definition) is 5. The second-order valence-corrected chi connectivity index (χ2v) is 5.93. The number of carbonyl (C=O) groups is 2. The van der Waals surface area contributed by atoms with Crippen molar-refractivity contribution < 1.29 is 19.2 Å². The highest BCUT2D eigenvalue weighted by Crippen LogP contribution is 2.36. The van der Waals surface area contributed by atoms with E-state index in [9.17, 15) is 9.59 Å². The highest BCUT2D eigenvalue weighted by Gasteiger charge is 2.51. The maximum atomic E-state index is 13.0. The molecule has 124 valence electrons. The summed E-state index contributed by atoms with van der Waals surface area (Å²) in [5.74, 6) is -0.584. The molecule has 1 saturated heterocycles. The molecule has 1 aliphatic heterocycles. The van der Waals surface area contributed by atoms with Crippen LogP contribution in [0.2, 0.25) is 0 Å². The molecule has 5 nitrogen and oxygen atoms in total. The van der Waals surface area contributed by atoms with Gasteiger partial charge in [-0.1, -0.05) is 48.5 Å². The molecule has 1 aliphatic rings. The fourth-order valence-corrected chi connectivity index (χ4v) is 2.91. The van der Waals surface area contributed by atoms with Gasteiger partial charge in [0.15, 0.2) is 11.4 Å². The molecule has 24 heavy (non-hydrogen) atoms. The summed E-state index contributed by atoms with van der Waals surface area (Å²) in [6.07, 6.45) is 0.224. The number of nitrogens with zero attached hydrogens (tertiary/aromatic N) is 1. The van der Waals surface area contributed by atoms with Gasteiger partial charge in [-0.3, -0.25) is 9.63 Å². The first-order chi connectivity index (χ1) is 11.5. The smallest absolute Gasteiger partial charge is 0.340 e. The summed E-state index contributed by atoms with van der Waals surface area (Å²) in [4.78, 5) is 31.0. The van der Waals surface area contributed by atoms with E-state index >= 15 is 0 Å². The van der Waals surface area contributed by atoms with Gasteiger partial charge in [0.05, 0.1) is 12.8 Å². The molecule has 1 fully saturated rings. The maximum Gasteiger partial charge on any atom is 0.340 e. The third-order valence-corrected chi connectivity index (χ3v) is 4.15. The third-order valence-electron chi connectivity index (χ3n) is 4.15. The molecule has 2 aromatic rings. The number of carbonyl (C=O) groups excluding carboxylic acids is 2. The van der Waals surface area contributed by atoms with Crippen LogP contribution in [0.5, 0.6) is 0 Å². The van der Waals surface area contributed by atoms with Crippen LogP contribution in [0.25, 0.3) is 0 Å². The number of methoxy groups -OCH3 is 1. The molecule has 3 rings (SSSR count). The Morgan fingerprint density at radius 1 is 1.08 bits per heavy atom. The lowest BCUT2D eigenvalue weighted by Gasteiger charge is -2.25. The number of ether oxygens (including phenoxy) is 1. The lowest BCUT2D eigenvalue weighted by atomic mass is 9.93. The van der Waals surface area contributed by atoms with Crippen LogP contribution in [0.1, 0.15) is 23.7 Å². The summed E-state index contributed by atoms with van der Waals surface area (Å²) in [6.45, 7) is 1.65. The van der Waals surface area contributed by atoms with Crippen molar-refractivity contribution in [2.45, 2.75) is 25.0 Å². The molecule has 5 heteroatoms. The van der Waals surface area contributed by atoms with E-state index in [-0.39, 0.29) is 12.2 Å². The first-order valence-corrected chi connectivity index (χ1v) is 7.76. The predicted molar refractivity (Wildman–Crippen MR) is 89.6 cm³/mol. The Morgan fingerprint density at radius 3 is 2.25 bits per heavy atom. The number of ketones is 1. The van der Waals surface area contributed by atoms with Crippen LogP contribution in [0.3, 0.4) is 0 Å². The monoisotopic (exact) mass is 325 g/mol. The number of anilines is 1. The van der Waals surface area contributed by atoms with Gasteiger partial charge < -0.3 is 4.74 Å². The Hall–Kier alpha value is -2.66. The molecule has 0 N–H and O–H groups in total. The van der Waals surface area contributed by atoms with Crippen molar-refractivity contribution in [3.8, 4) is 0 Å². The number of esters is 1. The van der Waals surface area contributed by atoms with Crippen LogP contribution in [-0.2, 0) is 14.4 Å². The Kier molecular flexibility index (Phi) is 4.36. The third kappa shape index (κ3) is 2.90. The van der Waals surface area contributed by atoms with E-state index in [1.165, 1.54) is 12.2 Å². The molecule has 0 aromatic heterocycles. The molecule has 0 spiro atoms. The Bertz CT molecular complexity index is 732. The minimum Gasteiger partial charge on any atom is -0.467 e. The minimum absolute atomic E-state index is 0.0907. The summed E-state index contributed by atoms with van der Waals surface area (Å²) in [5.41, 5.74) is 0.111. The van der Waals surface area contributed by atoms with Gasteiger partial charge in [0.2, 0.25) is 0 Å². The number of para-hydroxylation sites is 1. The minimum atomic E-state index is -1.19. The highest BCUT2D eigenvalue weighted by atomic mass is 16.7. The van der Waals surface area contributed by atoms with Crippen molar-refractivity contribution in [2.75, 3.05) is 12.2 Å². The second-order valence-electron chi connectivity index (χ2n) is 5.93. The molecule has 2 atom stereocenters. The van der Waals surface area contributed by atoms with E-state index in [1.54, 1.807) is 19.1 Å². The van der Waals surface area contributed by atoms with E-state index in [4.69, 9.17) is 9.57 Å². The van der Waals surface area contributed by atoms with Crippen LogP contribution < -0.4 is 5.06 Å². The van der Waals surface area contributed by atoms with Crippen molar-refractivity contribution in [3.63, 3.8) is 0 Å². The SMILES string of the molecule is COC(=O)[C@]1(C)C[C@H](C(=O)c2ccccc2)N(c2ccccc2)O1. The molecule has 1 heterocycles. The molecule has 0 unspecified atom stereocenters. The number of hydrogen-bond donors (Lipinski definition) is 0. The standard InChI is InChI=1S/C19H19NO4/c1-19(18(22)23-2)13-16(17(21)14-9-5-3-6-10-14)20(24-19)15-11-7-4-8-12-15/h3-12,16H,13H2,1-2H3/t16-,19+/m1/s1. The Balaban J connectivity index is 1.97. The van der Waals surface area contributed by atoms with E-state index in [0.29, 0.717) is 5.56 Å². The van der Waals surface area contributed by atoms with Crippen LogP contribution in [0.15, 0.2) is 60.7 Å². The molecular weight excluding hydrogens is 306 g/mol. The molecule has 0 amide bonds. The van der Waals surface area contributed by atoms with E-state index in [2.05, 4.69) is 0 Å². The van der Waals surface area contributed by atoms with Gasteiger partial charge in [-0.05, 0) is 19.1 Å². The van der Waals surface area contributed by atoms with Gasteiger partial charge in [-0.15, -0.1) is 0 Å². The average molecular weight is 325 g/mol. The molecule has 0 saturated carbocycles. The number of Topliss-reactive ketones (excluding diaryl/α,β-unsaturated/α-hetero) is 1. The fourth-order valence-electron chi connectivity index (χ4n) is 2.91. The molecule has 0 bridgehead atoms. The number of benzene rings is 2. The van der Waals surface area contributed by atoms with Crippen molar-refractivity contribution in [2.24, 2.45) is 0 Å². The Labute approximate surface area is 140 Å². The van der Waals surface area contributed by atoms with Crippen molar-refractivity contribution in [3.05, 3.63) is 66.2 Å². The first kappa shape index (κ1) is 16.2. The van der Waals surface area contributed by atoms with E-state index in [1.807, 2.05) is 48.5 Å². The quantitative estimate of drug-likeness (QED) is 0.639. The largest absolute Gasteiger partial charge is 0.467 e. The van der Waals surface area contributed by atoms with Gasteiger partial charge in [-0.2, -0.15) is 0 Å². The predicted octanol–water partition coefficient (Wildman–Crippen LogP) is 3.01. The number of rotatable bonds is 4. The molecule has 0 aliphatic carbocycles. The van der Waals surface area contributed by atoms with E-state index in [0.717, 1.165) is 5.69 Å². The summed E-state index contributed by atoms with van der Waals surface area (Å²) < 4.78 is 4.85. The second kappa shape index (κ2) is 6.45. The van der Waals surface area contributed by atoms with E-state index < -0.39 is 17.6 Å². The van der Waals surface area contributed by atoms with Crippen LogP contribution in [-0.4, -0.2) is 30.5 Å². The molecule has 0 radical (unpaired) electrons. The zero-order valence-electron chi connectivity index (χ0n) is 13.6. The van der Waals surface area contributed by atoms with Gasteiger partial charge in [0.25, 0.3) is 0 Å². The van der Waals surface area contributed by atoms with Crippen LogP contribution in [0.4, 0.5) is 5.69 Å². The van der Waals surface area contributed by atoms with Crippen LogP contribution in [0, 0.1) is 0 Å². The van der Waals surface area contributed by atoms with Crippen molar-refractivity contribution in [1.82, 2.24) is 0 Å². The van der Waals surface area contributed by atoms with Gasteiger partial charge in [-0.25, -0.2) is 9.86 Å². The number of hydroxylamine groups is 1. The Morgan fingerprint density at radius 2 is 1.67 bits per heavy atom. The average Bonchev–Trinajstić information content (AvgIpc) is 3.01. The summed E-state index contributed by atoms with van der Waals surface area (Å²) in [7, 11) is 1.32. The van der Waals surface area contributed by atoms with Crippen LogP contribution >= 0.6 is 0 Å². The van der Waals surface area contributed by atoms with Crippen molar-refractivity contribution >= 4 is 17.4 Å². The van der Waals surface area contributed by atoms with Gasteiger partial charge >= 0.3 is 5.97 Å². The van der Waals surface area contributed by atoms with Gasteiger partial charge in [0.1, 0.15) is 6.04 Å². The fraction of sp³-hybridized carbons (Fsp3) is 0.263. The zero-order chi connectivity index (χ0) is 17.2. The summed E-state index contributed by atoms with van der Waals surface area (Å²) in [5, 5.41) is 1.52. The summed E-state index contributed by atoms with van der Waals surface area (Å²) in [6, 6.07) is 17.7. The molecular formula is C19H19NO4. The zero-order valence-corrected chi connectivity index (χ0v) is 13.6. The summed E-state index contributed by atoms with van der Waals surface area (Å²) >= 11 is 0. The van der Waals surface area contributed by atoms with Crippen molar-refractivity contribution in [1.29, 1.82) is 0 Å². The topological polar surface area (TPSA) is 55.8 Å². The molecule has 2 aromatic carbocycles. The van der Waals surface area contributed by atoms with Gasteiger partial charge in [0, 0.05) is 12.0 Å². The first-order valence-electron chi connectivity index (χ1n) is 7.76. The maximum absolute atomic E-state index is 13.0. The highest BCUT2D eigenvalue weighted by molar-refractivity contribution is 6.02. The lowest BCUT2D eigenvalue weighted by Crippen LogP contribution is -2.37. The lowest BCUT2D eigenvalue weighted by molar-refractivity contribution is -0.163.